The second-order valence-corrected chi connectivity index (χ2v) is 5.61. The second kappa shape index (κ2) is 8.35. The van der Waals surface area contributed by atoms with E-state index in [0.717, 1.165) is 25.8 Å². The molecule has 1 aromatic carbocycles. The Kier molecular flexibility index (Phi) is 7.12. The molecule has 0 radical (unpaired) electrons. The molecule has 0 aliphatic carbocycles. The van der Waals surface area contributed by atoms with Crippen molar-refractivity contribution in [1.82, 2.24) is 4.90 Å². The van der Waals surface area contributed by atoms with Crippen LogP contribution >= 0.6 is 12.4 Å². The first-order chi connectivity index (χ1) is 9.63. The zero-order valence-electron chi connectivity index (χ0n) is 12.4. The first-order valence-electron chi connectivity index (χ1n) is 7.37. The third kappa shape index (κ3) is 4.42. The Morgan fingerprint density at radius 2 is 2.14 bits per heavy atom. The molecule has 1 aliphatic heterocycles. The summed E-state index contributed by atoms with van der Waals surface area (Å²) in [6.45, 7) is 3.16. The van der Waals surface area contributed by atoms with Crippen molar-refractivity contribution in [3.05, 3.63) is 35.6 Å². The Morgan fingerprint density at radius 1 is 1.43 bits per heavy atom. The minimum Gasteiger partial charge on any atom is -0.338 e. The van der Waals surface area contributed by atoms with Gasteiger partial charge in [0.15, 0.2) is 0 Å². The van der Waals surface area contributed by atoms with Crippen LogP contribution in [0.25, 0.3) is 0 Å². The van der Waals surface area contributed by atoms with Crippen LogP contribution in [0.5, 0.6) is 0 Å². The molecule has 1 heterocycles. The summed E-state index contributed by atoms with van der Waals surface area (Å²) in [6, 6.07) is 6.81. The van der Waals surface area contributed by atoms with Gasteiger partial charge in [-0.3, -0.25) is 4.79 Å². The monoisotopic (exact) mass is 314 g/mol. The summed E-state index contributed by atoms with van der Waals surface area (Å²) in [5.41, 5.74) is 6.36. The standard InChI is InChI=1S/C16H23FN2O.ClH/c1-12(10-13-6-2-3-8-15(13)17)16(20)19-9-5-4-7-14(19)11-18;/h2-3,6,8,12,14H,4-5,7,9-11,18H2,1H3;1H. The summed E-state index contributed by atoms with van der Waals surface area (Å²) < 4.78 is 13.7. The number of carbonyl (C=O) groups excluding carboxylic acids is 1. The third-order valence-corrected chi connectivity index (χ3v) is 4.09. The molecule has 0 spiro atoms. The Bertz CT molecular complexity index is 469. The highest BCUT2D eigenvalue weighted by Crippen LogP contribution is 2.21. The van der Waals surface area contributed by atoms with E-state index in [1.165, 1.54) is 6.07 Å². The van der Waals surface area contributed by atoms with Crippen LogP contribution in [0.4, 0.5) is 4.39 Å². The molecule has 3 nitrogen and oxygen atoms in total. The minimum absolute atomic E-state index is 0. The van der Waals surface area contributed by atoms with Crippen LogP contribution in [0, 0.1) is 11.7 Å². The van der Waals surface area contributed by atoms with Crippen molar-refractivity contribution in [1.29, 1.82) is 0 Å². The van der Waals surface area contributed by atoms with E-state index in [-0.39, 0.29) is 36.1 Å². The summed E-state index contributed by atoms with van der Waals surface area (Å²) in [4.78, 5) is 14.4. The first-order valence-corrected chi connectivity index (χ1v) is 7.37. The number of hydrogen-bond acceptors (Lipinski definition) is 2. The summed E-state index contributed by atoms with van der Waals surface area (Å²) in [5, 5.41) is 0. The maximum Gasteiger partial charge on any atom is 0.226 e. The van der Waals surface area contributed by atoms with E-state index in [2.05, 4.69) is 0 Å². The van der Waals surface area contributed by atoms with Gasteiger partial charge in [0.05, 0.1) is 0 Å². The fourth-order valence-electron chi connectivity index (χ4n) is 2.90. The fourth-order valence-corrected chi connectivity index (χ4v) is 2.90. The van der Waals surface area contributed by atoms with Crippen molar-refractivity contribution >= 4 is 18.3 Å². The van der Waals surface area contributed by atoms with Gasteiger partial charge in [0, 0.05) is 25.0 Å². The number of piperidine rings is 1. The number of benzene rings is 1. The topological polar surface area (TPSA) is 46.3 Å². The Labute approximate surface area is 132 Å². The molecular weight excluding hydrogens is 291 g/mol. The summed E-state index contributed by atoms with van der Waals surface area (Å²) in [5.74, 6) is -0.344. The molecule has 118 valence electrons. The molecule has 2 N–H and O–H groups in total. The lowest BCUT2D eigenvalue weighted by Crippen LogP contribution is -2.49. The normalized spacial score (nSPS) is 19.8. The van der Waals surface area contributed by atoms with Gasteiger partial charge >= 0.3 is 0 Å². The SMILES string of the molecule is CC(Cc1ccccc1F)C(=O)N1CCCCC1CN.Cl. The van der Waals surface area contributed by atoms with Gasteiger partial charge < -0.3 is 10.6 Å². The number of nitrogens with zero attached hydrogens (tertiary/aromatic N) is 1. The zero-order chi connectivity index (χ0) is 14.5. The van der Waals surface area contributed by atoms with Crippen molar-refractivity contribution in [3.63, 3.8) is 0 Å². The van der Waals surface area contributed by atoms with Gasteiger partial charge in [-0.2, -0.15) is 0 Å². The van der Waals surface area contributed by atoms with Crippen LogP contribution in [-0.2, 0) is 11.2 Å². The summed E-state index contributed by atoms with van der Waals surface area (Å²) in [7, 11) is 0. The van der Waals surface area contributed by atoms with Crippen molar-refractivity contribution < 1.29 is 9.18 Å². The molecule has 21 heavy (non-hydrogen) atoms. The van der Waals surface area contributed by atoms with Crippen LogP contribution in [0.15, 0.2) is 24.3 Å². The number of rotatable bonds is 4. The highest BCUT2D eigenvalue weighted by molar-refractivity contribution is 5.85. The van der Waals surface area contributed by atoms with E-state index >= 15 is 0 Å². The van der Waals surface area contributed by atoms with E-state index in [9.17, 15) is 9.18 Å². The molecule has 1 fully saturated rings. The Hall–Kier alpha value is -1.13. The molecule has 5 heteroatoms. The van der Waals surface area contributed by atoms with Crippen molar-refractivity contribution in [2.75, 3.05) is 13.1 Å². The van der Waals surface area contributed by atoms with Gasteiger partial charge in [-0.05, 0) is 37.3 Å². The molecule has 0 aromatic heterocycles. The van der Waals surface area contributed by atoms with Gasteiger partial charge in [-0.1, -0.05) is 25.1 Å². The largest absolute Gasteiger partial charge is 0.338 e. The molecule has 1 aromatic rings. The van der Waals surface area contributed by atoms with Crippen LogP contribution < -0.4 is 5.73 Å². The number of amides is 1. The molecule has 1 amide bonds. The number of carbonyl (C=O) groups is 1. The lowest BCUT2D eigenvalue weighted by atomic mass is 9.95. The molecular formula is C16H24ClFN2O. The second-order valence-electron chi connectivity index (χ2n) is 5.61. The smallest absolute Gasteiger partial charge is 0.226 e. The highest BCUT2D eigenvalue weighted by Gasteiger charge is 2.29. The Morgan fingerprint density at radius 3 is 2.81 bits per heavy atom. The van der Waals surface area contributed by atoms with E-state index in [0.29, 0.717) is 18.5 Å². The number of nitrogens with two attached hydrogens (primary N) is 1. The first kappa shape index (κ1) is 17.9. The number of halogens is 2. The molecule has 2 atom stereocenters. The van der Waals surface area contributed by atoms with Crippen LogP contribution in [0.3, 0.4) is 0 Å². The summed E-state index contributed by atoms with van der Waals surface area (Å²) in [6.07, 6.45) is 3.59. The predicted molar refractivity (Wildman–Crippen MR) is 84.9 cm³/mol. The van der Waals surface area contributed by atoms with E-state index in [1.807, 2.05) is 11.8 Å². The molecule has 2 rings (SSSR count). The van der Waals surface area contributed by atoms with Gasteiger partial charge in [0.2, 0.25) is 5.91 Å². The predicted octanol–water partition coefficient (Wildman–Crippen LogP) is 2.77. The molecule has 1 aliphatic rings. The number of hydrogen-bond donors (Lipinski definition) is 1. The van der Waals surface area contributed by atoms with Crippen molar-refractivity contribution in [2.24, 2.45) is 11.7 Å². The lowest BCUT2D eigenvalue weighted by molar-refractivity contribution is -0.138. The maximum absolute atomic E-state index is 13.7. The quantitative estimate of drug-likeness (QED) is 0.929. The van der Waals surface area contributed by atoms with E-state index in [4.69, 9.17) is 5.73 Å². The Balaban J connectivity index is 0.00000220. The van der Waals surface area contributed by atoms with Crippen LogP contribution in [-0.4, -0.2) is 29.9 Å². The van der Waals surface area contributed by atoms with E-state index < -0.39 is 0 Å². The van der Waals surface area contributed by atoms with Gasteiger partial charge in [-0.15, -0.1) is 12.4 Å². The van der Waals surface area contributed by atoms with Crippen molar-refractivity contribution in [3.8, 4) is 0 Å². The molecule has 1 saturated heterocycles. The third-order valence-electron chi connectivity index (χ3n) is 4.09. The van der Waals surface area contributed by atoms with Gasteiger partial charge in [0.25, 0.3) is 0 Å². The maximum atomic E-state index is 13.7. The number of likely N-dealkylation sites (tertiary alicyclic amines) is 1. The molecule has 0 bridgehead atoms. The summed E-state index contributed by atoms with van der Waals surface area (Å²) >= 11 is 0. The van der Waals surface area contributed by atoms with Gasteiger partial charge in [0.1, 0.15) is 5.82 Å². The highest BCUT2D eigenvalue weighted by atomic mass is 35.5. The molecule has 2 unspecified atom stereocenters. The van der Waals surface area contributed by atoms with E-state index in [1.54, 1.807) is 18.2 Å². The average molecular weight is 315 g/mol. The lowest BCUT2D eigenvalue weighted by Gasteiger charge is -2.36. The van der Waals surface area contributed by atoms with Crippen LogP contribution in [0.1, 0.15) is 31.7 Å². The average Bonchev–Trinajstić information content (AvgIpc) is 2.48. The van der Waals surface area contributed by atoms with Crippen LogP contribution in [0.2, 0.25) is 0 Å². The van der Waals surface area contributed by atoms with Crippen molar-refractivity contribution in [2.45, 2.75) is 38.6 Å². The van der Waals surface area contributed by atoms with Gasteiger partial charge in [-0.25, -0.2) is 4.39 Å². The molecule has 0 saturated carbocycles. The minimum atomic E-state index is -0.235. The fraction of sp³-hybridized carbons (Fsp3) is 0.562. The zero-order valence-corrected chi connectivity index (χ0v) is 13.2.